The van der Waals surface area contributed by atoms with Crippen LogP contribution in [0, 0.1) is 12.3 Å². The average Bonchev–Trinajstić information content (AvgIpc) is 3.52. The Hall–Kier alpha value is -2.79. The highest BCUT2D eigenvalue weighted by atomic mass is 16.3. The third-order valence-electron chi connectivity index (χ3n) is 8.77. The largest absolute Gasteiger partial charge is 0.459 e. The van der Waals surface area contributed by atoms with Gasteiger partial charge in [0.05, 0.1) is 31.8 Å². The minimum absolute atomic E-state index is 0.105. The summed E-state index contributed by atoms with van der Waals surface area (Å²) in [5.74, 6) is -0.200. The summed E-state index contributed by atoms with van der Waals surface area (Å²) >= 11 is 0. The van der Waals surface area contributed by atoms with Crippen molar-refractivity contribution in [1.82, 2.24) is 15.3 Å². The van der Waals surface area contributed by atoms with Crippen molar-refractivity contribution in [3.63, 3.8) is 0 Å². The third kappa shape index (κ3) is 6.91. The van der Waals surface area contributed by atoms with E-state index in [1.807, 2.05) is 13.0 Å². The van der Waals surface area contributed by atoms with E-state index in [9.17, 15) is 24.9 Å². The molecule has 10 nitrogen and oxygen atoms in total. The highest BCUT2D eigenvalue weighted by Gasteiger charge is 2.40. The minimum Gasteiger partial charge on any atom is -0.459 e. The Morgan fingerprint density at radius 2 is 1.88 bits per heavy atom. The molecule has 2 aliphatic rings. The zero-order valence-electron chi connectivity index (χ0n) is 23.6. The van der Waals surface area contributed by atoms with Crippen molar-refractivity contribution in [2.24, 2.45) is 5.41 Å². The highest BCUT2D eigenvalue weighted by molar-refractivity contribution is 6.03. The fourth-order valence-electron chi connectivity index (χ4n) is 6.35. The van der Waals surface area contributed by atoms with E-state index < -0.39 is 25.4 Å². The molecule has 2 aromatic heterocycles. The van der Waals surface area contributed by atoms with Crippen LogP contribution in [-0.2, 0) is 4.79 Å². The van der Waals surface area contributed by atoms with Crippen LogP contribution in [0.4, 0.5) is 5.69 Å². The fraction of sp³-hybridized carbons (Fsp3) is 0.633. The third-order valence-corrected chi connectivity index (χ3v) is 8.77. The Morgan fingerprint density at radius 1 is 1.12 bits per heavy atom. The number of aliphatic hydroxyl groups excluding tert-OH is 3. The normalized spacial score (nSPS) is 19.8. The van der Waals surface area contributed by atoms with Gasteiger partial charge in [-0.1, -0.05) is 25.7 Å². The van der Waals surface area contributed by atoms with E-state index in [1.165, 1.54) is 6.26 Å². The Kier molecular flexibility index (Phi) is 10.3. The fourth-order valence-corrected chi connectivity index (χ4v) is 6.35. The zero-order chi connectivity index (χ0) is 28.6. The second-order valence-electron chi connectivity index (χ2n) is 11.6. The molecule has 4 N–H and O–H groups in total. The predicted molar refractivity (Wildman–Crippen MR) is 150 cm³/mol. The van der Waals surface area contributed by atoms with Crippen molar-refractivity contribution in [1.29, 1.82) is 0 Å². The molecule has 2 fully saturated rings. The number of hydrogen-bond donors (Lipinski definition) is 4. The lowest BCUT2D eigenvalue weighted by Gasteiger charge is -2.45. The van der Waals surface area contributed by atoms with Gasteiger partial charge in [0, 0.05) is 31.4 Å². The maximum atomic E-state index is 13.8. The predicted octanol–water partition coefficient (Wildman–Crippen LogP) is 3.35. The van der Waals surface area contributed by atoms with Crippen molar-refractivity contribution < 1.29 is 29.3 Å². The van der Waals surface area contributed by atoms with Gasteiger partial charge in [-0.05, 0) is 74.6 Å². The summed E-state index contributed by atoms with van der Waals surface area (Å²) in [6.45, 7) is 1.07. The van der Waals surface area contributed by atoms with Crippen LogP contribution >= 0.6 is 0 Å². The van der Waals surface area contributed by atoms with Crippen molar-refractivity contribution in [3.8, 4) is 0 Å². The summed E-state index contributed by atoms with van der Waals surface area (Å²) in [5, 5.41) is 35.7. The van der Waals surface area contributed by atoms with Crippen LogP contribution in [0.25, 0.3) is 0 Å². The molecule has 220 valence electrons. The van der Waals surface area contributed by atoms with Gasteiger partial charge < -0.3 is 25.1 Å². The number of nitrogens with one attached hydrogen (secondary N) is 1. The number of pyridine rings is 1. The van der Waals surface area contributed by atoms with Crippen molar-refractivity contribution in [3.05, 3.63) is 48.2 Å². The molecule has 4 rings (SSSR count). The Morgan fingerprint density at radius 3 is 2.52 bits per heavy atom. The quantitative estimate of drug-likeness (QED) is 0.312. The number of carbonyl (C=O) groups excluding carboxylic acids is 2. The number of hydrazine groups is 1. The minimum atomic E-state index is -1.43. The lowest BCUT2D eigenvalue weighted by atomic mass is 9.68. The summed E-state index contributed by atoms with van der Waals surface area (Å²) in [7, 11) is 0. The number of piperidine rings is 1. The summed E-state index contributed by atoms with van der Waals surface area (Å²) in [6.07, 6.45) is 15.0. The maximum absolute atomic E-state index is 13.8. The molecule has 3 heterocycles. The average molecular weight is 557 g/mol. The van der Waals surface area contributed by atoms with Gasteiger partial charge in [-0.3, -0.25) is 14.6 Å². The number of aromatic nitrogens is 1. The molecule has 1 saturated carbocycles. The van der Waals surface area contributed by atoms with Crippen molar-refractivity contribution in [2.45, 2.75) is 89.1 Å². The molecule has 0 spiro atoms. The van der Waals surface area contributed by atoms with Crippen molar-refractivity contribution in [2.75, 3.05) is 31.4 Å². The van der Waals surface area contributed by atoms with Crippen molar-refractivity contribution >= 4 is 17.5 Å². The lowest BCUT2D eigenvalue weighted by molar-refractivity contribution is -0.128. The molecule has 2 aromatic rings. The van der Waals surface area contributed by atoms with Crippen LogP contribution in [-0.4, -0.2) is 75.1 Å². The zero-order valence-corrected chi connectivity index (χ0v) is 23.6. The second kappa shape index (κ2) is 13.7. The van der Waals surface area contributed by atoms with E-state index in [-0.39, 0.29) is 35.5 Å². The Bertz CT molecular complexity index is 1090. The molecular weight excluding hydrogens is 512 g/mol. The van der Waals surface area contributed by atoms with Crippen LogP contribution < -0.4 is 10.3 Å². The summed E-state index contributed by atoms with van der Waals surface area (Å²) in [5.41, 5.74) is 0.0399. The highest BCUT2D eigenvalue weighted by Crippen LogP contribution is 2.44. The van der Waals surface area contributed by atoms with Gasteiger partial charge in [-0.2, -0.15) is 0 Å². The van der Waals surface area contributed by atoms with Gasteiger partial charge in [0.1, 0.15) is 5.54 Å². The lowest BCUT2D eigenvalue weighted by Crippen LogP contribution is -2.57. The molecule has 0 radical (unpaired) electrons. The van der Waals surface area contributed by atoms with Gasteiger partial charge >= 0.3 is 5.91 Å². The summed E-state index contributed by atoms with van der Waals surface area (Å²) in [6, 6.07) is 5.37. The number of aliphatic hydroxyl groups is 3. The monoisotopic (exact) mass is 556 g/mol. The first-order valence-electron chi connectivity index (χ1n) is 14.5. The van der Waals surface area contributed by atoms with Gasteiger partial charge in [0.15, 0.2) is 5.76 Å². The van der Waals surface area contributed by atoms with E-state index in [2.05, 4.69) is 15.3 Å². The molecule has 1 saturated heterocycles. The smallest absolute Gasteiger partial charge is 0.308 e. The Balaban J connectivity index is 1.55. The van der Waals surface area contributed by atoms with E-state index in [4.69, 9.17) is 4.42 Å². The molecule has 0 aromatic carbocycles. The number of rotatable bonds is 12. The van der Waals surface area contributed by atoms with Gasteiger partial charge in [0.2, 0.25) is 5.91 Å². The standard InChI is InChI=1S/C30H44N4O6/c1-23-19-31-15-11-25(23)34(28(39)26-9-7-17-40-26)33-16-6-3-8-24(33)10-14-29(12-4-2-5-13-29)18-27(38)32-30(20-35,21-36)22-37/h7,9,11,15,17,19,24,35-37H,2-6,8,10,12-14,16,18,20-22H2,1H3,(H,32,38). The maximum Gasteiger partial charge on any atom is 0.308 e. The van der Waals surface area contributed by atoms with Crippen LogP contribution in [0.5, 0.6) is 0 Å². The van der Waals surface area contributed by atoms with E-state index in [0.29, 0.717) is 0 Å². The number of amides is 2. The summed E-state index contributed by atoms with van der Waals surface area (Å²) in [4.78, 5) is 31.2. The number of aryl methyl sites for hydroxylation is 1. The molecule has 10 heteroatoms. The molecular formula is C30H44N4O6. The molecule has 2 amide bonds. The van der Waals surface area contributed by atoms with Crippen LogP contribution in [0.3, 0.4) is 0 Å². The number of hydrogen-bond acceptors (Lipinski definition) is 8. The number of anilines is 1. The van der Waals surface area contributed by atoms with E-state index in [0.717, 1.165) is 82.0 Å². The number of furan rings is 1. The Labute approximate surface area is 236 Å². The molecule has 1 aliphatic heterocycles. The van der Waals surface area contributed by atoms with E-state index in [1.54, 1.807) is 29.5 Å². The second-order valence-corrected chi connectivity index (χ2v) is 11.6. The van der Waals surface area contributed by atoms with Crippen LogP contribution in [0.1, 0.15) is 86.7 Å². The van der Waals surface area contributed by atoms with Crippen LogP contribution in [0.15, 0.2) is 41.3 Å². The molecule has 40 heavy (non-hydrogen) atoms. The van der Waals surface area contributed by atoms with Crippen LogP contribution in [0.2, 0.25) is 0 Å². The topological polar surface area (TPSA) is 139 Å². The molecule has 0 bridgehead atoms. The molecule has 1 atom stereocenters. The first-order valence-corrected chi connectivity index (χ1v) is 14.5. The first kappa shape index (κ1) is 30.2. The molecule has 1 aliphatic carbocycles. The first-order chi connectivity index (χ1) is 19.4. The van der Waals surface area contributed by atoms with Gasteiger partial charge in [0.25, 0.3) is 0 Å². The number of nitrogens with zero attached hydrogens (tertiary/aromatic N) is 3. The van der Waals surface area contributed by atoms with Gasteiger partial charge in [-0.25, -0.2) is 10.0 Å². The summed E-state index contributed by atoms with van der Waals surface area (Å²) < 4.78 is 5.51. The van der Waals surface area contributed by atoms with Gasteiger partial charge in [-0.15, -0.1) is 0 Å². The number of carbonyl (C=O) groups is 2. The SMILES string of the molecule is Cc1cnccc1N(C(=O)c1ccco1)N1CCCCC1CCC1(CC(=O)NC(CO)(CO)CO)CCCCC1. The van der Waals surface area contributed by atoms with E-state index >= 15 is 0 Å². The molecule has 1 unspecified atom stereocenters.